The van der Waals surface area contributed by atoms with Crippen molar-refractivity contribution >= 4 is 23.9 Å². The van der Waals surface area contributed by atoms with Crippen LogP contribution in [-0.4, -0.2) is 329 Å². The van der Waals surface area contributed by atoms with Gasteiger partial charge in [0.2, 0.25) is 0 Å². The molecule has 0 unspecified atom stereocenters. The van der Waals surface area contributed by atoms with Crippen molar-refractivity contribution < 1.29 is 172 Å². The van der Waals surface area contributed by atoms with E-state index in [2.05, 4.69) is 0 Å². The Hall–Kier alpha value is -3.20. The van der Waals surface area contributed by atoms with Crippen LogP contribution in [0.1, 0.15) is 152 Å². The highest BCUT2D eigenvalue weighted by atomic mass is 16.8. The first-order valence-electron chi connectivity index (χ1n) is 36.0. The van der Waals surface area contributed by atoms with E-state index in [4.69, 9.17) is 75.8 Å². The van der Waals surface area contributed by atoms with Gasteiger partial charge in [-0.2, -0.15) is 0 Å². The van der Waals surface area contributed by atoms with Gasteiger partial charge in [0.25, 0.3) is 0 Å². The van der Waals surface area contributed by atoms with Gasteiger partial charge in [0.1, 0.15) is 123 Å². The SMILES string of the molecule is CCCC[C@H]1CCCCCCCCCCC(=O)O[C@H]2[C@H](O[C@H]3[C@H](O)[C@@H](COC(=O)[C@H](C)[C@@H](C)O)O[C@@H](O[C@H]4[C@H](O1)O[C@H](C)[C@H](O)[C@@H]4O)[C@@H]3O[C@@H]1O[C@@H](C)[C@H](OC(=O)[C@H](C)[C@@H](C)O)[C@@H](O[C@@H]3O[C@H](CO)[C@@H](O)[C@H](O)[C@H]3O)[C@H]1OC(=O)[C@@H](C)CC)O[C@H](CO[C@@H]1O[C@H](CO)[C@@H](O)[C@H](O)[C@H]1O)[C@@H](O)[C@@H]2O. The van der Waals surface area contributed by atoms with Gasteiger partial charge in [-0.05, 0) is 67.2 Å². The predicted octanol–water partition coefficient (Wildman–Crippen LogP) is -3.26. The average molecular weight is 1480 g/mol. The van der Waals surface area contributed by atoms with E-state index in [1.54, 1.807) is 6.92 Å². The molecule has 7 aliphatic rings. The predicted molar refractivity (Wildman–Crippen MR) is 341 cm³/mol. The first-order valence-corrected chi connectivity index (χ1v) is 36.0. The van der Waals surface area contributed by atoms with Crippen molar-refractivity contribution in [1.82, 2.24) is 0 Å². The fourth-order valence-corrected chi connectivity index (χ4v) is 12.9. The fourth-order valence-electron chi connectivity index (χ4n) is 12.9. The molecule has 2 bridgehead atoms. The molecule has 7 fully saturated rings. The van der Waals surface area contributed by atoms with Gasteiger partial charge in [-0.3, -0.25) is 19.2 Å². The van der Waals surface area contributed by atoms with Gasteiger partial charge in [-0.15, -0.1) is 0 Å². The second-order valence-electron chi connectivity index (χ2n) is 28.1. The number of hydrogen-bond donors (Lipinski definition) is 15. The number of aliphatic hydroxyl groups excluding tert-OH is 15. The van der Waals surface area contributed by atoms with E-state index >= 15 is 0 Å². The van der Waals surface area contributed by atoms with Crippen molar-refractivity contribution in [1.29, 1.82) is 0 Å². The van der Waals surface area contributed by atoms with Crippen LogP contribution in [0.4, 0.5) is 0 Å². The van der Waals surface area contributed by atoms with Crippen LogP contribution in [0, 0.1) is 17.8 Å². The molecule has 102 heavy (non-hydrogen) atoms. The molecular formula is C67H114O35. The Bertz CT molecular complexity index is 2520. The lowest BCUT2D eigenvalue weighted by Crippen LogP contribution is -2.69. The monoisotopic (exact) mass is 1480 g/mol. The Morgan fingerprint density at radius 1 is 0.461 bits per heavy atom. The molecule has 7 rings (SSSR count). The molecule has 0 aromatic carbocycles. The standard InChI is InChI=1S/C67H114O35/c1-10-12-21-35-22-19-17-15-13-14-16-18-20-23-40(72)96-54-49(81)44(76)38(27-88-62-50(82)46(78)42(74)36(24-68)92-62)94-65(54)99-53-45(77)39(26-87-60(85)29(4)31(6)70)95-67(100-55-48(80)41(73)33(8)89-64(55)91-35)57(53)102-66-58(98-59(84)28(3)11-2)56(52(34(9)90-66)97-61(86)30(5)32(7)71)101-63-51(83)47(79)43(75)37(25-69)93-63/h28-39,41-58,62-71,73-83H,10-27H2,1-9H3/t28-,29+,30+,31+,32+,33+,34-,35-,36+,37+,38+,39+,41-,42+,43+,44+,45+,46-,47-,48-,49-,50+,51+,52-,53-,54+,55+,56+,57+,58+,62+,63-,64-,65-,66-,67-/m0/s1. The number of hydrogen-bond acceptors (Lipinski definition) is 35. The van der Waals surface area contributed by atoms with Crippen molar-refractivity contribution in [3.63, 3.8) is 0 Å². The van der Waals surface area contributed by atoms with E-state index in [1.165, 1.54) is 48.5 Å². The maximum atomic E-state index is 14.5. The molecule has 0 spiro atoms. The van der Waals surface area contributed by atoms with Crippen LogP contribution in [0.5, 0.6) is 0 Å². The van der Waals surface area contributed by atoms with E-state index in [0.717, 1.165) is 38.5 Å². The second kappa shape index (κ2) is 40.3. The van der Waals surface area contributed by atoms with Crippen molar-refractivity contribution in [3.8, 4) is 0 Å². The van der Waals surface area contributed by atoms with Gasteiger partial charge in [0, 0.05) is 6.42 Å². The van der Waals surface area contributed by atoms with E-state index in [9.17, 15) is 95.8 Å². The highest BCUT2D eigenvalue weighted by molar-refractivity contribution is 5.74. The van der Waals surface area contributed by atoms with Gasteiger partial charge in [-0.25, -0.2) is 0 Å². The van der Waals surface area contributed by atoms with Crippen LogP contribution >= 0.6 is 0 Å². The molecule has 7 aliphatic heterocycles. The summed E-state index contributed by atoms with van der Waals surface area (Å²) in [5.74, 6) is -7.51. The molecule has 7 heterocycles. The maximum Gasteiger partial charge on any atom is 0.311 e. The lowest BCUT2D eigenvalue weighted by Gasteiger charge is -2.52. The third-order valence-electron chi connectivity index (χ3n) is 20.3. The molecule has 0 aliphatic carbocycles. The summed E-state index contributed by atoms with van der Waals surface area (Å²) in [6, 6.07) is 0. The number of rotatable bonds is 22. The molecule has 15 N–H and O–H groups in total. The van der Waals surface area contributed by atoms with Crippen LogP contribution in [0.25, 0.3) is 0 Å². The third-order valence-corrected chi connectivity index (χ3v) is 20.3. The van der Waals surface area contributed by atoms with Crippen molar-refractivity contribution in [3.05, 3.63) is 0 Å². The van der Waals surface area contributed by atoms with Crippen molar-refractivity contribution in [2.24, 2.45) is 17.8 Å². The molecule has 7 saturated heterocycles. The van der Waals surface area contributed by atoms with Crippen molar-refractivity contribution in [2.45, 2.75) is 355 Å². The summed E-state index contributed by atoms with van der Waals surface area (Å²) in [6.07, 6.45) is -53.8. The summed E-state index contributed by atoms with van der Waals surface area (Å²) in [5, 5.41) is 168. The molecule has 0 saturated carbocycles. The Kier molecular flexibility index (Phi) is 34.0. The molecule has 0 radical (unpaired) electrons. The third kappa shape index (κ3) is 21.8. The summed E-state index contributed by atoms with van der Waals surface area (Å²) in [6.45, 7) is 9.49. The van der Waals surface area contributed by atoms with Crippen LogP contribution < -0.4 is 0 Å². The molecule has 0 amide bonds. The van der Waals surface area contributed by atoms with Gasteiger partial charge in [0.05, 0.1) is 68.1 Å². The summed E-state index contributed by atoms with van der Waals surface area (Å²) in [4.78, 5) is 56.3. The maximum absolute atomic E-state index is 14.5. The summed E-state index contributed by atoms with van der Waals surface area (Å²) < 4.78 is 101. The summed E-state index contributed by atoms with van der Waals surface area (Å²) in [5.41, 5.74) is 0. The summed E-state index contributed by atoms with van der Waals surface area (Å²) in [7, 11) is 0. The van der Waals surface area contributed by atoms with E-state index < -0.39 is 271 Å². The number of carbonyl (C=O) groups is 4. The topological polar surface area (TPSA) is 519 Å². The zero-order valence-corrected chi connectivity index (χ0v) is 59.4. The highest BCUT2D eigenvalue weighted by Crippen LogP contribution is 2.41. The van der Waals surface area contributed by atoms with Crippen LogP contribution in [-0.2, 0) is 95.0 Å². The second-order valence-corrected chi connectivity index (χ2v) is 28.1. The van der Waals surface area contributed by atoms with Crippen LogP contribution in [0.15, 0.2) is 0 Å². The zero-order valence-electron chi connectivity index (χ0n) is 59.4. The average Bonchev–Trinajstić information content (AvgIpc) is 0.760. The van der Waals surface area contributed by atoms with Gasteiger partial charge in [-0.1, -0.05) is 78.6 Å². The van der Waals surface area contributed by atoms with E-state index in [-0.39, 0.29) is 19.3 Å². The minimum atomic E-state index is -2.28. The van der Waals surface area contributed by atoms with Gasteiger partial charge >= 0.3 is 23.9 Å². The normalized spacial score (nSPS) is 43.3. The zero-order chi connectivity index (χ0) is 75.1. The number of carbonyl (C=O) groups excluding carboxylic acids is 4. The molecular weight excluding hydrogens is 1360 g/mol. The molecule has 592 valence electrons. The number of unbranched alkanes of at least 4 members (excludes halogenated alkanes) is 1. The summed E-state index contributed by atoms with van der Waals surface area (Å²) >= 11 is 0. The Labute approximate surface area is 592 Å². The first-order chi connectivity index (χ1) is 48.4. The number of aliphatic hydroxyl groups is 15. The van der Waals surface area contributed by atoms with E-state index in [1.807, 2.05) is 6.92 Å². The van der Waals surface area contributed by atoms with Crippen LogP contribution in [0.2, 0.25) is 0 Å². The number of esters is 4. The fraction of sp³-hybridized carbons (Fsp3) is 0.940. The minimum absolute atomic E-state index is 0.119. The molecule has 35 nitrogen and oxygen atoms in total. The Morgan fingerprint density at radius 3 is 1.59 bits per heavy atom. The van der Waals surface area contributed by atoms with Gasteiger partial charge in [0.15, 0.2) is 56.1 Å². The number of fused-ring (bicyclic) bond motifs is 4. The first kappa shape index (κ1) is 86.0. The van der Waals surface area contributed by atoms with E-state index in [0.29, 0.717) is 32.1 Å². The smallest absolute Gasteiger partial charge is 0.311 e. The molecule has 0 aromatic heterocycles. The van der Waals surface area contributed by atoms with Gasteiger partial charge < -0.3 is 152 Å². The van der Waals surface area contributed by atoms with Crippen LogP contribution in [0.3, 0.4) is 0 Å². The highest BCUT2D eigenvalue weighted by Gasteiger charge is 2.61. The molecule has 0 aromatic rings. The van der Waals surface area contributed by atoms with Crippen molar-refractivity contribution in [2.75, 3.05) is 26.4 Å². The lowest BCUT2D eigenvalue weighted by molar-refractivity contribution is -0.414. The Morgan fingerprint density at radius 2 is 0.980 bits per heavy atom. The number of ether oxygens (including phenoxy) is 16. The Balaban J connectivity index is 1.45. The quantitative estimate of drug-likeness (QED) is 0.0374. The minimum Gasteiger partial charge on any atom is -0.463 e. The molecule has 35 heteroatoms. The lowest BCUT2D eigenvalue weighted by atomic mass is 9.94. The largest absolute Gasteiger partial charge is 0.463 e. The molecule has 36 atom stereocenters.